The summed E-state index contributed by atoms with van der Waals surface area (Å²) in [4.78, 5) is 26.8. The van der Waals surface area contributed by atoms with Crippen molar-refractivity contribution < 1.29 is 9.59 Å². The molecule has 2 fully saturated rings. The van der Waals surface area contributed by atoms with Gasteiger partial charge in [-0.15, -0.1) is 12.4 Å². The van der Waals surface area contributed by atoms with Crippen molar-refractivity contribution in [2.45, 2.75) is 51.5 Å². The summed E-state index contributed by atoms with van der Waals surface area (Å²) in [5.74, 6) is 0.671. The zero-order valence-corrected chi connectivity index (χ0v) is 17.0. The minimum absolute atomic E-state index is 0. The Balaban J connectivity index is 0.00000261. The van der Waals surface area contributed by atoms with E-state index in [9.17, 15) is 9.59 Å². The van der Waals surface area contributed by atoms with Crippen molar-refractivity contribution in [2.75, 3.05) is 26.2 Å². The average molecular weight is 394 g/mol. The monoisotopic (exact) mass is 393 g/mol. The Morgan fingerprint density at radius 2 is 1.89 bits per heavy atom. The number of benzene rings is 1. The molecule has 2 aliphatic rings. The third-order valence-corrected chi connectivity index (χ3v) is 5.60. The van der Waals surface area contributed by atoms with Gasteiger partial charge in [0.1, 0.15) is 0 Å². The molecule has 1 aromatic carbocycles. The number of rotatable bonds is 6. The maximum Gasteiger partial charge on any atom is 0.237 e. The first kappa shape index (κ1) is 21.7. The first-order valence-corrected chi connectivity index (χ1v) is 10.0. The van der Waals surface area contributed by atoms with E-state index in [1.165, 1.54) is 5.56 Å². The first-order chi connectivity index (χ1) is 12.7. The molecule has 2 atom stereocenters. The lowest BCUT2D eigenvalue weighted by Gasteiger charge is -2.33. The fraction of sp³-hybridized carbons (Fsp3) is 0.619. The van der Waals surface area contributed by atoms with Crippen LogP contribution in [0.15, 0.2) is 24.3 Å². The van der Waals surface area contributed by atoms with Crippen LogP contribution in [0, 0.1) is 5.92 Å². The molecule has 0 spiro atoms. The molecule has 2 saturated heterocycles. The summed E-state index contributed by atoms with van der Waals surface area (Å²) in [5, 5.41) is 6.31. The molecule has 2 heterocycles. The standard InChI is InChI=1S/C21H31N3O2.ClH/c1-2-16-7-9-17(10-8-16)13-20(25)24-12-4-5-18(15-24)14-23-21(26)19-6-3-11-22-19;/h7-10,18-19,22H,2-6,11-15H2,1H3,(H,23,26);1H. The highest BCUT2D eigenvalue weighted by molar-refractivity contribution is 5.85. The van der Waals surface area contributed by atoms with Gasteiger partial charge in [-0.1, -0.05) is 31.2 Å². The summed E-state index contributed by atoms with van der Waals surface area (Å²) in [7, 11) is 0. The number of hydrogen-bond donors (Lipinski definition) is 2. The normalized spacial score (nSPS) is 22.2. The van der Waals surface area contributed by atoms with E-state index in [1.807, 2.05) is 4.90 Å². The number of halogens is 1. The van der Waals surface area contributed by atoms with Crippen LogP contribution in [0.25, 0.3) is 0 Å². The topological polar surface area (TPSA) is 61.4 Å². The third-order valence-electron chi connectivity index (χ3n) is 5.60. The molecule has 5 nitrogen and oxygen atoms in total. The van der Waals surface area contributed by atoms with E-state index in [-0.39, 0.29) is 30.3 Å². The molecule has 0 bridgehead atoms. The number of likely N-dealkylation sites (tertiary alicyclic amines) is 1. The van der Waals surface area contributed by atoms with E-state index >= 15 is 0 Å². The molecule has 27 heavy (non-hydrogen) atoms. The van der Waals surface area contributed by atoms with Gasteiger partial charge in [-0.05, 0) is 55.7 Å². The number of nitrogens with zero attached hydrogens (tertiary/aromatic N) is 1. The molecule has 2 amide bonds. The second kappa shape index (κ2) is 10.7. The van der Waals surface area contributed by atoms with E-state index in [0.29, 0.717) is 18.9 Å². The fourth-order valence-electron chi connectivity index (χ4n) is 3.91. The number of hydrogen-bond acceptors (Lipinski definition) is 3. The molecule has 2 unspecified atom stereocenters. The van der Waals surface area contributed by atoms with Crippen LogP contribution in [0.4, 0.5) is 0 Å². The van der Waals surface area contributed by atoms with Crippen molar-refractivity contribution in [1.29, 1.82) is 0 Å². The smallest absolute Gasteiger partial charge is 0.237 e. The van der Waals surface area contributed by atoms with Crippen LogP contribution in [-0.2, 0) is 22.4 Å². The molecule has 2 N–H and O–H groups in total. The van der Waals surface area contributed by atoms with Gasteiger partial charge in [0.15, 0.2) is 0 Å². The molecule has 3 rings (SSSR count). The SMILES string of the molecule is CCc1ccc(CC(=O)N2CCCC(CNC(=O)C3CCCN3)C2)cc1.Cl. The van der Waals surface area contributed by atoms with E-state index in [2.05, 4.69) is 41.8 Å². The molecule has 0 aromatic heterocycles. The second-order valence-corrected chi connectivity index (χ2v) is 7.59. The van der Waals surface area contributed by atoms with Crippen molar-refractivity contribution in [1.82, 2.24) is 15.5 Å². The average Bonchev–Trinajstić information content (AvgIpc) is 3.22. The summed E-state index contributed by atoms with van der Waals surface area (Å²) < 4.78 is 0. The van der Waals surface area contributed by atoms with E-state index in [1.54, 1.807) is 0 Å². The zero-order chi connectivity index (χ0) is 18.4. The lowest BCUT2D eigenvalue weighted by atomic mass is 9.97. The molecule has 0 aliphatic carbocycles. The van der Waals surface area contributed by atoms with E-state index in [0.717, 1.165) is 57.3 Å². The molecule has 150 valence electrons. The van der Waals surface area contributed by atoms with Gasteiger partial charge < -0.3 is 15.5 Å². The number of nitrogens with one attached hydrogen (secondary N) is 2. The third kappa shape index (κ3) is 6.22. The van der Waals surface area contributed by atoms with Crippen molar-refractivity contribution in [3.8, 4) is 0 Å². The quantitative estimate of drug-likeness (QED) is 0.779. The van der Waals surface area contributed by atoms with Gasteiger partial charge >= 0.3 is 0 Å². The Labute approximate surface area is 168 Å². The summed E-state index contributed by atoms with van der Waals surface area (Å²) in [6, 6.07) is 8.31. The Kier molecular flexibility index (Phi) is 8.58. The maximum absolute atomic E-state index is 12.6. The Hall–Kier alpha value is -1.59. The number of piperidine rings is 1. The minimum atomic E-state index is -0.0255. The van der Waals surface area contributed by atoms with Gasteiger partial charge in [0.25, 0.3) is 0 Å². The second-order valence-electron chi connectivity index (χ2n) is 7.59. The van der Waals surface area contributed by atoms with E-state index < -0.39 is 0 Å². The fourth-order valence-corrected chi connectivity index (χ4v) is 3.91. The van der Waals surface area contributed by atoms with Gasteiger partial charge in [0.2, 0.25) is 11.8 Å². The largest absolute Gasteiger partial charge is 0.354 e. The lowest BCUT2D eigenvalue weighted by molar-refractivity contribution is -0.132. The van der Waals surface area contributed by atoms with Crippen LogP contribution >= 0.6 is 12.4 Å². The number of aryl methyl sites for hydroxylation is 1. The highest BCUT2D eigenvalue weighted by Crippen LogP contribution is 2.17. The van der Waals surface area contributed by atoms with Gasteiger partial charge in [-0.25, -0.2) is 0 Å². The number of carbonyl (C=O) groups is 2. The Morgan fingerprint density at radius 3 is 2.56 bits per heavy atom. The summed E-state index contributed by atoms with van der Waals surface area (Å²) in [5.41, 5.74) is 2.38. The number of amides is 2. The molecular weight excluding hydrogens is 362 g/mol. The van der Waals surface area contributed by atoms with Crippen molar-refractivity contribution in [2.24, 2.45) is 5.92 Å². The molecular formula is C21H32ClN3O2. The zero-order valence-electron chi connectivity index (χ0n) is 16.2. The van der Waals surface area contributed by atoms with Crippen molar-refractivity contribution in [3.63, 3.8) is 0 Å². The number of carbonyl (C=O) groups excluding carboxylic acids is 2. The van der Waals surface area contributed by atoms with Gasteiger partial charge in [-0.2, -0.15) is 0 Å². The molecule has 1 aromatic rings. The van der Waals surface area contributed by atoms with E-state index in [4.69, 9.17) is 0 Å². The van der Waals surface area contributed by atoms with Crippen molar-refractivity contribution >= 4 is 24.2 Å². The minimum Gasteiger partial charge on any atom is -0.354 e. The van der Waals surface area contributed by atoms with Crippen LogP contribution in [-0.4, -0.2) is 48.9 Å². The van der Waals surface area contributed by atoms with Crippen LogP contribution in [0.3, 0.4) is 0 Å². The molecule has 2 aliphatic heterocycles. The molecule has 6 heteroatoms. The molecule has 0 saturated carbocycles. The van der Waals surface area contributed by atoms with Gasteiger partial charge in [0, 0.05) is 19.6 Å². The highest BCUT2D eigenvalue weighted by atomic mass is 35.5. The lowest BCUT2D eigenvalue weighted by Crippen LogP contribution is -2.47. The van der Waals surface area contributed by atoms with Crippen LogP contribution in [0.2, 0.25) is 0 Å². The van der Waals surface area contributed by atoms with Gasteiger partial charge in [-0.3, -0.25) is 9.59 Å². The van der Waals surface area contributed by atoms with Gasteiger partial charge in [0.05, 0.1) is 12.5 Å². The summed E-state index contributed by atoms with van der Waals surface area (Å²) >= 11 is 0. The Morgan fingerprint density at radius 1 is 1.15 bits per heavy atom. The van der Waals surface area contributed by atoms with Crippen LogP contribution < -0.4 is 10.6 Å². The summed E-state index contributed by atoms with van der Waals surface area (Å²) in [6.07, 6.45) is 5.58. The predicted octanol–water partition coefficient (Wildman–Crippen LogP) is 2.32. The Bertz CT molecular complexity index is 614. The first-order valence-electron chi connectivity index (χ1n) is 10.0. The molecule has 0 radical (unpaired) electrons. The maximum atomic E-state index is 12.6. The summed E-state index contributed by atoms with van der Waals surface area (Å²) in [6.45, 7) is 5.33. The predicted molar refractivity (Wildman–Crippen MR) is 110 cm³/mol. The van der Waals surface area contributed by atoms with Crippen LogP contribution in [0.1, 0.15) is 43.7 Å². The highest BCUT2D eigenvalue weighted by Gasteiger charge is 2.26. The van der Waals surface area contributed by atoms with Crippen molar-refractivity contribution in [3.05, 3.63) is 35.4 Å². The van der Waals surface area contributed by atoms with Crippen LogP contribution in [0.5, 0.6) is 0 Å².